The van der Waals surface area contributed by atoms with Gasteiger partial charge in [0.25, 0.3) is 0 Å². The molecule has 0 spiro atoms. The van der Waals surface area contributed by atoms with Crippen LogP contribution in [-0.2, 0) is 12.8 Å². The molecule has 1 heterocycles. The fraction of sp³-hybridized carbons (Fsp3) is 0.357. The molecule has 0 unspecified atom stereocenters. The molecule has 1 aliphatic rings. The first-order chi connectivity index (χ1) is 9.28. The molecule has 2 aromatic rings. The topological polar surface area (TPSA) is 73.9 Å². The first-order valence-corrected chi connectivity index (χ1v) is 6.44. The Morgan fingerprint density at radius 3 is 2.63 bits per heavy atom. The van der Waals surface area contributed by atoms with E-state index in [9.17, 15) is 0 Å². The Bertz CT molecular complexity index is 612. The zero-order valence-corrected chi connectivity index (χ0v) is 10.9. The van der Waals surface area contributed by atoms with Crippen molar-refractivity contribution in [3.8, 4) is 17.1 Å². The maximum absolute atomic E-state index is 5.91. The molecule has 2 N–H and O–H groups in total. The van der Waals surface area contributed by atoms with E-state index in [4.69, 9.17) is 10.5 Å². The number of nitrogen functional groups attached to an aromatic ring is 1. The second kappa shape index (κ2) is 4.84. The van der Waals surface area contributed by atoms with Gasteiger partial charge in [0, 0.05) is 5.56 Å². The standard InChI is InChI=1S/C14H16N4O/c1-19-13-7-6-9(8-10(13)15)14-16-11-4-2-3-5-12(11)17-18-14/h6-8H,2-5,15H2,1H3. The van der Waals surface area contributed by atoms with Crippen molar-refractivity contribution in [3.05, 3.63) is 29.6 Å². The largest absolute Gasteiger partial charge is 0.495 e. The number of nitrogens with zero attached hydrogens (tertiary/aromatic N) is 3. The van der Waals surface area contributed by atoms with E-state index in [1.165, 1.54) is 12.8 Å². The van der Waals surface area contributed by atoms with Gasteiger partial charge in [-0.25, -0.2) is 4.98 Å². The smallest absolute Gasteiger partial charge is 0.182 e. The van der Waals surface area contributed by atoms with E-state index in [-0.39, 0.29) is 0 Å². The van der Waals surface area contributed by atoms with Crippen LogP contribution in [0.25, 0.3) is 11.4 Å². The summed E-state index contributed by atoms with van der Waals surface area (Å²) in [5, 5.41) is 8.48. The number of rotatable bonds is 2. The van der Waals surface area contributed by atoms with Crippen molar-refractivity contribution >= 4 is 5.69 Å². The predicted octanol–water partition coefficient (Wildman–Crippen LogP) is 2.01. The number of benzene rings is 1. The summed E-state index contributed by atoms with van der Waals surface area (Å²) in [6.45, 7) is 0. The Morgan fingerprint density at radius 1 is 1.11 bits per heavy atom. The molecule has 5 nitrogen and oxygen atoms in total. The predicted molar refractivity (Wildman–Crippen MR) is 72.9 cm³/mol. The molecular formula is C14H16N4O. The molecule has 98 valence electrons. The van der Waals surface area contributed by atoms with Gasteiger partial charge < -0.3 is 10.5 Å². The van der Waals surface area contributed by atoms with Gasteiger partial charge in [0.2, 0.25) is 0 Å². The summed E-state index contributed by atoms with van der Waals surface area (Å²) in [7, 11) is 1.60. The molecule has 0 radical (unpaired) electrons. The van der Waals surface area contributed by atoms with Crippen LogP contribution < -0.4 is 10.5 Å². The average Bonchev–Trinajstić information content (AvgIpc) is 2.46. The van der Waals surface area contributed by atoms with Crippen LogP contribution in [0.3, 0.4) is 0 Å². The number of nitrogens with two attached hydrogens (primary N) is 1. The second-order valence-corrected chi connectivity index (χ2v) is 4.69. The van der Waals surface area contributed by atoms with Crippen LogP contribution in [0.15, 0.2) is 18.2 Å². The van der Waals surface area contributed by atoms with E-state index in [1.807, 2.05) is 18.2 Å². The summed E-state index contributed by atoms with van der Waals surface area (Å²) in [4.78, 5) is 4.61. The maximum atomic E-state index is 5.91. The molecular weight excluding hydrogens is 240 g/mol. The molecule has 0 aliphatic heterocycles. The molecule has 0 bridgehead atoms. The maximum Gasteiger partial charge on any atom is 0.182 e. The lowest BCUT2D eigenvalue weighted by atomic mass is 10.0. The van der Waals surface area contributed by atoms with Gasteiger partial charge in [0.05, 0.1) is 24.2 Å². The molecule has 5 heteroatoms. The molecule has 1 aliphatic carbocycles. The van der Waals surface area contributed by atoms with E-state index in [0.29, 0.717) is 17.3 Å². The van der Waals surface area contributed by atoms with Crippen LogP contribution in [0.2, 0.25) is 0 Å². The van der Waals surface area contributed by atoms with Gasteiger partial charge in [0.1, 0.15) is 5.75 Å². The van der Waals surface area contributed by atoms with Crippen LogP contribution in [0, 0.1) is 0 Å². The van der Waals surface area contributed by atoms with Gasteiger partial charge in [0.15, 0.2) is 5.82 Å². The number of anilines is 1. The van der Waals surface area contributed by atoms with E-state index < -0.39 is 0 Å². The zero-order valence-electron chi connectivity index (χ0n) is 10.9. The Kier molecular flexibility index (Phi) is 3.03. The van der Waals surface area contributed by atoms with Crippen LogP contribution in [0.1, 0.15) is 24.2 Å². The minimum absolute atomic E-state index is 0.585. The van der Waals surface area contributed by atoms with Gasteiger partial charge >= 0.3 is 0 Å². The van der Waals surface area contributed by atoms with E-state index >= 15 is 0 Å². The molecule has 19 heavy (non-hydrogen) atoms. The Balaban J connectivity index is 2.00. The van der Waals surface area contributed by atoms with Crippen molar-refractivity contribution in [3.63, 3.8) is 0 Å². The summed E-state index contributed by atoms with van der Waals surface area (Å²) in [6, 6.07) is 5.56. The lowest BCUT2D eigenvalue weighted by Gasteiger charge is -2.13. The molecule has 0 atom stereocenters. The average molecular weight is 256 g/mol. The lowest BCUT2D eigenvalue weighted by Crippen LogP contribution is -2.10. The number of methoxy groups -OCH3 is 1. The molecule has 3 rings (SSSR count). The van der Waals surface area contributed by atoms with Crippen molar-refractivity contribution in [1.29, 1.82) is 0 Å². The van der Waals surface area contributed by atoms with Crippen molar-refractivity contribution in [1.82, 2.24) is 15.2 Å². The summed E-state index contributed by atoms with van der Waals surface area (Å²) in [5.41, 5.74) is 9.48. The quantitative estimate of drug-likeness (QED) is 0.832. The van der Waals surface area contributed by atoms with Gasteiger partial charge in [-0.2, -0.15) is 5.10 Å². The number of aryl methyl sites for hydroxylation is 2. The number of hydrogen-bond donors (Lipinski definition) is 1. The van der Waals surface area contributed by atoms with Gasteiger partial charge in [-0.3, -0.25) is 0 Å². The van der Waals surface area contributed by atoms with Crippen LogP contribution in [-0.4, -0.2) is 22.3 Å². The van der Waals surface area contributed by atoms with E-state index in [2.05, 4.69) is 15.2 Å². The first-order valence-electron chi connectivity index (χ1n) is 6.44. The highest BCUT2D eigenvalue weighted by atomic mass is 16.5. The summed E-state index contributed by atoms with van der Waals surface area (Å²) < 4.78 is 5.14. The highest BCUT2D eigenvalue weighted by molar-refractivity contribution is 5.66. The number of fused-ring (bicyclic) bond motifs is 1. The van der Waals surface area contributed by atoms with Crippen molar-refractivity contribution in [2.24, 2.45) is 0 Å². The molecule has 1 aromatic carbocycles. The number of aromatic nitrogens is 3. The minimum Gasteiger partial charge on any atom is -0.495 e. The third kappa shape index (κ3) is 2.23. The van der Waals surface area contributed by atoms with Gasteiger partial charge in [-0.1, -0.05) is 0 Å². The number of ether oxygens (including phenoxy) is 1. The van der Waals surface area contributed by atoms with Crippen molar-refractivity contribution in [2.45, 2.75) is 25.7 Å². The SMILES string of the molecule is COc1ccc(-c2nnc3c(n2)CCCC3)cc1N. The van der Waals surface area contributed by atoms with Crippen molar-refractivity contribution < 1.29 is 4.74 Å². The Morgan fingerprint density at radius 2 is 1.89 bits per heavy atom. The molecule has 0 fully saturated rings. The fourth-order valence-electron chi connectivity index (χ4n) is 2.36. The fourth-order valence-corrected chi connectivity index (χ4v) is 2.36. The van der Waals surface area contributed by atoms with Crippen LogP contribution in [0.5, 0.6) is 5.75 Å². The Hall–Kier alpha value is -2.17. The normalized spacial score (nSPS) is 13.9. The Labute approximate surface area is 111 Å². The zero-order chi connectivity index (χ0) is 13.2. The molecule has 0 saturated carbocycles. The number of hydrogen-bond acceptors (Lipinski definition) is 5. The third-order valence-electron chi connectivity index (χ3n) is 3.40. The lowest BCUT2D eigenvalue weighted by molar-refractivity contribution is 0.417. The second-order valence-electron chi connectivity index (χ2n) is 4.69. The third-order valence-corrected chi connectivity index (χ3v) is 3.40. The van der Waals surface area contributed by atoms with Crippen LogP contribution in [0.4, 0.5) is 5.69 Å². The summed E-state index contributed by atoms with van der Waals surface area (Å²) in [5.74, 6) is 1.30. The molecule has 0 amide bonds. The van der Waals surface area contributed by atoms with Crippen molar-refractivity contribution in [2.75, 3.05) is 12.8 Å². The van der Waals surface area contributed by atoms with Crippen LogP contribution >= 0.6 is 0 Å². The van der Waals surface area contributed by atoms with E-state index in [1.54, 1.807) is 7.11 Å². The molecule has 0 saturated heterocycles. The van der Waals surface area contributed by atoms with E-state index in [0.717, 1.165) is 29.8 Å². The van der Waals surface area contributed by atoms with Gasteiger partial charge in [-0.05, 0) is 43.9 Å². The molecule has 1 aromatic heterocycles. The minimum atomic E-state index is 0.585. The van der Waals surface area contributed by atoms with Gasteiger partial charge in [-0.15, -0.1) is 5.10 Å². The summed E-state index contributed by atoms with van der Waals surface area (Å²) >= 11 is 0. The first kappa shape index (κ1) is 11.9. The monoisotopic (exact) mass is 256 g/mol. The summed E-state index contributed by atoms with van der Waals surface area (Å²) in [6.07, 6.45) is 4.33. The highest BCUT2D eigenvalue weighted by Gasteiger charge is 2.14. The highest BCUT2D eigenvalue weighted by Crippen LogP contribution is 2.27.